The van der Waals surface area contributed by atoms with E-state index in [0.29, 0.717) is 19.6 Å². The van der Waals surface area contributed by atoms with Crippen molar-refractivity contribution in [2.45, 2.75) is 6.42 Å². The first-order chi connectivity index (χ1) is 9.09. The van der Waals surface area contributed by atoms with Gasteiger partial charge in [-0.15, -0.1) is 0 Å². The summed E-state index contributed by atoms with van der Waals surface area (Å²) in [6.07, 6.45) is 0.456. The summed E-state index contributed by atoms with van der Waals surface area (Å²) in [6, 6.07) is 9.37. The highest BCUT2D eigenvalue weighted by atomic mass is 16.5. The van der Waals surface area contributed by atoms with Crippen molar-refractivity contribution in [1.82, 2.24) is 4.90 Å². The number of carbonyl (C=O) groups excluding carboxylic acids is 1. The Labute approximate surface area is 111 Å². The number of rotatable bonds is 6. The van der Waals surface area contributed by atoms with Crippen LogP contribution in [0.25, 0.3) is 0 Å². The van der Waals surface area contributed by atoms with E-state index in [1.165, 1.54) is 4.90 Å². The highest BCUT2D eigenvalue weighted by Gasteiger charge is 2.49. The molecule has 0 saturated heterocycles. The molecule has 0 unspecified atom stereocenters. The summed E-state index contributed by atoms with van der Waals surface area (Å²) in [4.78, 5) is 24.1. The van der Waals surface area contributed by atoms with Crippen LogP contribution < -0.4 is 4.74 Å². The van der Waals surface area contributed by atoms with Gasteiger partial charge in [-0.3, -0.25) is 9.59 Å². The Hall–Kier alpha value is -2.04. The van der Waals surface area contributed by atoms with Gasteiger partial charge in [-0.2, -0.15) is 0 Å². The number of carboxylic acids is 1. The quantitative estimate of drug-likeness (QED) is 0.838. The first kappa shape index (κ1) is 13.4. The van der Waals surface area contributed by atoms with Gasteiger partial charge in [-0.25, -0.2) is 0 Å². The standard InChI is InChI=1S/C14H17NO4/c1-15(13(16)11-9-12(11)14(17)18)7-8-19-10-5-3-2-4-6-10/h2-6,11-12H,7-9H2,1H3,(H,17,18)/t11-,12+/m1/s1. The third-order valence-corrected chi connectivity index (χ3v) is 3.24. The highest BCUT2D eigenvalue weighted by Crippen LogP contribution is 2.39. The lowest BCUT2D eigenvalue weighted by atomic mass is 10.3. The topological polar surface area (TPSA) is 66.8 Å². The molecule has 19 heavy (non-hydrogen) atoms. The number of amides is 1. The zero-order valence-corrected chi connectivity index (χ0v) is 10.8. The molecule has 1 aromatic rings. The second-order valence-corrected chi connectivity index (χ2v) is 4.71. The lowest BCUT2D eigenvalue weighted by Gasteiger charge is -2.17. The van der Waals surface area contributed by atoms with Crippen LogP contribution in [0.4, 0.5) is 0 Å². The summed E-state index contributed by atoms with van der Waals surface area (Å²) in [6.45, 7) is 0.854. The Morgan fingerprint density at radius 2 is 2.00 bits per heavy atom. The van der Waals surface area contributed by atoms with E-state index in [2.05, 4.69) is 0 Å². The van der Waals surface area contributed by atoms with Crippen molar-refractivity contribution in [1.29, 1.82) is 0 Å². The number of ether oxygens (including phenoxy) is 1. The molecule has 0 heterocycles. The van der Waals surface area contributed by atoms with E-state index < -0.39 is 11.9 Å². The van der Waals surface area contributed by atoms with Crippen LogP contribution in [0, 0.1) is 11.8 Å². The zero-order chi connectivity index (χ0) is 13.8. The molecule has 1 N–H and O–H groups in total. The number of carboxylic acid groups (broad SMARTS) is 1. The average molecular weight is 263 g/mol. The van der Waals surface area contributed by atoms with Gasteiger partial charge in [-0.05, 0) is 18.6 Å². The fraction of sp³-hybridized carbons (Fsp3) is 0.429. The molecule has 2 atom stereocenters. The normalized spacial score (nSPS) is 20.7. The van der Waals surface area contributed by atoms with E-state index in [9.17, 15) is 9.59 Å². The van der Waals surface area contributed by atoms with Gasteiger partial charge < -0.3 is 14.7 Å². The maximum atomic E-state index is 11.9. The molecule has 2 rings (SSSR count). The van der Waals surface area contributed by atoms with Crippen LogP contribution in [-0.2, 0) is 9.59 Å². The van der Waals surface area contributed by atoms with Crippen LogP contribution in [0.2, 0.25) is 0 Å². The number of para-hydroxylation sites is 1. The summed E-state index contributed by atoms with van der Waals surface area (Å²) in [5.74, 6) is -1.07. The maximum absolute atomic E-state index is 11.9. The van der Waals surface area contributed by atoms with Crippen molar-refractivity contribution < 1.29 is 19.4 Å². The van der Waals surface area contributed by atoms with Crippen LogP contribution >= 0.6 is 0 Å². The van der Waals surface area contributed by atoms with Crippen molar-refractivity contribution in [3.8, 4) is 5.75 Å². The Morgan fingerprint density at radius 1 is 1.32 bits per heavy atom. The molecule has 0 spiro atoms. The van der Waals surface area contributed by atoms with Crippen LogP contribution in [0.1, 0.15) is 6.42 Å². The van der Waals surface area contributed by atoms with Crippen molar-refractivity contribution in [2.24, 2.45) is 11.8 Å². The lowest BCUT2D eigenvalue weighted by molar-refractivity contribution is -0.141. The number of nitrogens with zero attached hydrogens (tertiary/aromatic N) is 1. The molecular weight excluding hydrogens is 246 g/mol. The molecule has 1 aliphatic rings. The molecule has 102 valence electrons. The smallest absolute Gasteiger partial charge is 0.307 e. The summed E-state index contributed by atoms with van der Waals surface area (Å²) < 4.78 is 5.49. The molecule has 1 aliphatic carbocycles. The number of likely N-dealkylation sites (N-methyl/N-ethyl adjacent to an activating group) is 1. The number of benzene rings is 1. The molecule has 1 saturated carbocycles. The molecule has 5 nitrogen and oxygen atoms in total. The fourth-order valence-electron chi connectivity index (χ4n) is 1.95. The minimum absolute atomic E-state index is 0.107. The Bertz CT molecular complexity index is 460. The van der Waals surface area contributed by atoms with Crippen molar-refractivity contribution in [3.05, 3.63) is 30.3 Å². The van der Waals surface area contributed by atoms with Crippen molar-refractivity contribution in [2.75, 3.05) is 20.2 Å². The molecular formula is C14H17NO4. The second-order valence-electron chi connectivity index (χ2n) is 4.71. The largest absolute Gasteiger partial charge is 0.492 e. The van der Waals surface area contributed by atoms with Gasteiger partial charge in [0.05, 0.1) is 18.4 Å². The summed E-state index contributed by atoms with van der Waals surface area (Å²) in [5.41, 5.74) is 0. The molecule has 1 fully saturated rings. The van der Waals surface area contributed by atoms with Crippen LogP contribution in [0.3, 0.4) is 0 Å². The predicted octanol–water partition coefficient (Wildman–Crippen LogP) is 1.24. The van der Waals surface area contributed by atoms with Gasteiger partial charge in [-0.1, -0.05) is 18.2 Å². The van der Waals surface area contributed by atoms with E-state index in [1.54, 1.807) is 7.05 Å². The van der Waals surface area contributed by atoms with Gasteiger partial charge in [0, 0.05) is 7.05 Å². The number of carbonyl (C=O) groups is 2. The average Bonchev–Trinajstić information content (AvgIpc) is 3.19. The van der Waals surface area contributed by atoms with Crippen LogP contribution in [0.5, 0.6) is 5.75 Å². The van der Waals surface area contributed by atoms with E-state index in [0.717, 1.165) is 5.75 Å². The summed E-state index contributed by atoms with van der Waals surface area (Å²) >= 11 is 0. The maximum Gasteiger partial charge on any atom is 0.307 e. The number of hydrogen-bond donors (Lipinski definition) is 1. The monoisotopic (exact) mass is 263 g/mol. The van der Waals surface area contributed by atoms with Gasteiger partial charge >= 0.3 is 5.97 Å². The summed E-state index contributed by atoms with van der Waals surface area (Å²) in [5, 5.41) is 8.78. The van der Waals surface area contributed by atoms with Crippen LogP contribution in [0.15, 0.2) is 30.3 Å². The second kappa shape index (κ2) is 5.73. The molecule has 0 bridgehead atoms. The van der Waals surface area contributed by atoms with E-state index >= 15 is 0 Å². The zero-order valence-electron chi connectivity index (χ0n) is 10.8. The number of aliphatic carboxylic acids is 1. The van der Waals surface area contributed by atoms with Gasteiger partial charge in [0.15, 0.2) is 0 Å². The molecule has 1 amide bonds. The molecule has 1 aromatic carbocycles. The highest BCUT2D eigenvalue weighted by molar-refractivity contribution is 5.89. The van der Waals surface area contributed by atoms with E-state index in [1.807, 2.05) is 30.3 Å². The Kier molecular flexibility index (Phi) is 4.04. The third kappa shape index (κ3) is 3.47. The summed E-state index contributed by atoms with van der Waals surface area (Å²) in [7, 11) is 1.67. The molecule has 0 aliphatic heterocycles. The molecule has 5 heteroatoms. The first-order valence-electron chi connectivity index (χ1n) is 6.25. The minimum atomic E-state index is -0.882. The molecule has 0 radical (unpaired) electrons. The van der Waals surface area contributed by atoms with Crippen LogP contribution in [-0.4, -0.2) is 42.1 Å². The molecule has 0 aromatic heterocycles. The first-order valence-corrected chi connectivity index (χ1v) is 6.25. The fourth-order valence-corrected chi connectivity index (χ4v) is 1.95. The minimum Gasteiger partial charge on any atom is -0.492 e. The van der Waals surface area contributed by atoms with E-state index in [4.69, 9.17) is 9.84 Å². The SMILES string of the molecule is CN(CCOc1ccccc1)C(=O)[C@@H]1C[C@@H]1C(=O)O. The van der Waals surface area contributed by atoms with Crippen molar-refractivity contribution in [3.63, 3.8) is 0 Å². The lowest BCUT2D eigenvalue weighted by Crippen LogP contribution is -2.32. The third-order valence-electron chi connectivity index (χ3n) is 3.24. The van der Waals surface area contributed by atoms with Gasteiger partial charge in [0.25, 0.3) is 0 Å². The Balaban J connectivity index is 1.72. The van der Waals surface area contributed by atoms with Crippen molar-refractivity contribution >= 4 is 11.9 Å². The van der Waals surface area contributed by atoms with E-state index in [-0.39, 0.29) is 11.8 Å². The predicted molar refractivity (Wildman–Crippen MR) is 68.8 cm³/mol. The number of hydrogen-bond acceptors (Lipinski definition) is 3. The Morgan fingerprint density at radius 3 is 2.58 bits per heavy atom. The van der Waals surface area contributed by atoms with Gasteiger partial charge in [0.1, 0.15) is 12.4 Å². The van der Waals surface area contributed by atoms with Gasteiger partial charge in [0.2, 0.25) is 5.91 Å².